The minimum absolute atomic E-state index is 0.206. The largest absolute Gasteiger partial charge is 0.544 e. The summed E-state index contributed by atoms with van der Waals surface area (Å²) in [5.74, 6) is 0.981. The van der Waals surface area contributed by atoms with Crippen LogP contribution in [-0.4, -0.2) is 14.4 Å². The molecule has 0 heterocycles. The smallest absolute Gasteiger partial charge is 0.250 e. The molecule has 0 aliphatic rings. The molecule has 0 fully saturated rings. The van der Waals surface area contributed by atoms with Crippen LogP contribution < -0.4 is 10.2 Å². The molecule has 0 radical (unpaired) electrons. The van der Waals surface area contributed by atoms with E-state index in [-0.39, 0.29) is 11.1 Å². The number of hydrogen-bond donors (Lipinski definition) is 1. The van der Waals surface area contributed by atoms with E-state index in [0.717, 1.165) is 12.2 Å². The van der Waals surface area contributed by atoms with E-state index in [1.807, 2.05) is 6.92 Å². The Morgan fingerprint density at radius 2 is 1.67 bits per heavy atom. The van der Waals surface area contributed by atoms with Crippen molar-refractivity contribution in [3.63, 3.8) is 0 Å². The Morgan fingerprint density at radius 3 is 2.06 bits per heavy atom. The Hall–Kier alpha value is -0.803. The molecule has 1 aromatic carbocycles. The van der Waals surface area contributed by atoms with Crippen molar-refractivity contribution in [2.75, 3.05) is 0 Å². The molecule has 0 saturated carbocycles. The van der Waals surface area contributed by atoms with Crippen LogP contribution >= 0.6 is 0 Å². The zero-order valence-electron chi connectivity index (χ0n) is 12.6. The summed E-state index contributed by atoms with van der Waals surface area (Å²) in [7, 11) is -1.72. The third-order valence-electron chi connectivity index (χ3n) is 3.66. The minimum Gasteiger partial charge on any atom is -0.544 e. The monoisotopic (exact) mass is 265 g/mol. The van der Waals surface area contributed by atoms with Crippen molar-refractivity contribution < 1.29 is 4.43 Å². The second-order valence-corrected chi connectivity index (χ2v) is 11.4. The van der Waals surface area contributed by atoms with Gasteiger partial charge in [0, 0.05) is 6.04 Å². The van der Waals surface area contributed by atoms with E-state index in [9.17, 15) is 0 Å². The molecule has 1 aromatic rings. The van der Waals surface area contributed by atoms with Crippen LogP contribution in [0.2, 0.25) is 18.1 Å². The van der Waals surface area contributed by atoms with Crippen molar-refractivity contribution in [2.24, 2.45) is 5.73 Å². The first-order chi connectivity index (χ1) is 8.12. The molecule has 1 rings (SSSR count). The Bertz CT molecular complexity index is 376. The summed E-state index contributed by atoms with van der Waals surface area (Å²) >= 11 is 0. The normalized spacial score (nSPS) is 14.4. The summed E-state index contributed by atoms with van der Waals surface area (Å²) in [5, 5.41) is 0.234. The van der Waals surface area contributed by atoms with Crippen LogP contribution in [0, 0.1) is 0 Å². The summed E-state index contributed by atoms with van der Waals surface area (Å²) in [5.41, 5.74) is 7.07. The zero-order chi connectivity index (χ0) is 14.0. The van der Waals surface area contributed by atoms with Crippen LogP contribution in [0.25, 0.3) is 0 Å². The highest BCUT2D eigenvalue weighted by atomic mass is 28.4. The molecule has 2 N–H and O–H groups in total. The lowest BCUT2D eigenvalue weighted by molar-refractivity contribution is 0.492. The van der Waals surface area contributed by atoms with Crippen molar-refractivity contribution in [1.29, 1.82) is 0 Å². The standard InChI is InChI=1S/C15H27NOSi/c1-12(16)11-13-7-9-14(10-8-13)17-18(5,6)15(2,3)4/h7-10,12H,11,16H2,1-6H3. The lowest BCUT2D eigenvalue weighted by atomic mass is 10.1. The Kier molecular flexibility index (Phi) is 4.62. The molecular formula is C15H27NOSi. The number of nitrogens with two attached hydrogens (primary N) is 1. The maximum Gasteiger partial charge on any atom is 0.250 e. The van der Waals surface area contributed by atoms with Crippen molar-refractivity contribution in [2.45, 2.75) is 58.3 Å². The highest BCUT2D eigenvalue weighted by molar-refractivity contribution is 6.74. The van der Waals surface area contributed by atoms with Gasteiger partial charge < -0.3 is 10.2 Å². The highest BCUT2D eigenvalue weighted by Gasteiger charge is 2.38. The van der Waals surface area contributed by atoms with Gasteiger partial charge in [-0.1, -0.05) is 32.9 Å². The molecule has 0 bridgehead atoms. The van der Waals surface area contributed by atoms with Crippen LogP contribution in [-0.2, 0) is 6.42 Å². The molecule has 0 spiro atoms. The van der Waals surface area contributed by atoms with Gasteiger partial charge in [0.1, 0.15) is 5.75 Å². The number of benzene rings is 1. The van der Waals surface area contributed by atoms with Crippen LogP contribution in [0.3, 0.4) is 0 Å². The molecule has 0 aromatic heterocycles. The SMILES string of the molecule is CC(N)Cc1ccc(O[Si](C)(C)C(C)(C)C)cc1. The predicted molar refractivity (Wildman–Crippen MR) is 81.6 cm³/mol. The van der Waals surface area contributed by atoms with Crippen LogP contribution in [0.1, 0.15) is 33.3 Å². The fraction of sp³-hybridized carbons (Fsp3) is 0.600. The zero-order valence-corrected chi connectivity index (χ0v) is 13.6. The molecule has 102 valence electrons. The van der Waals surface area contributed by atoms with E-state index in [4.69, 9.17) is 10.2 Å². The topological polar surface area (TPSA) is 35.2 Å². The van der Waals surface area contributed by atoms with E-state index in [2.05, 4.69) is 58.1 Å². The molecule has 1 atom stereocenters. The molecule has 0 aliphatic carbocycles. The van der Waals surface area contributed by atoms with Crippen molar-refractivity contribution in [1.82, 2.24) is 0 Å². The molecule has 0 saturated heterocycles. The van der Waals surface area contributed by atoms with Crippen molar-refractivity contribution in [3.8, 4) is 5.75 Å². The average molecular weight is 265 g/mol. The lowest BCUT2D eigenvalue weighted by Crippen LogP contribution is -2.43. The third kappa shape index (κ3) is 4.14. The summed E-state index contributed by atoms with van der Waals surface area (Å²) in [6.07, 6.45) is 0.917. The van der Waals surface area contributed by atoms with E-state index < -0.39 is 8.32 Å². The maximum atomic E-state index is 6.23. The van der Waals surface area contributed by atoms with Gasteiger partial charge in [-0.15, -0.1) is 0 Å². The van der Waals surface area contributed by atoms with Gasteiger partial charge in [0.25, 0.3) is 0 Å². The summed E-state index contributed by atoms with van der Waals surface area (Å²) in [6.45, 7) is 13.3. The first-order valence-corrected chi connectivity index (χ1v) is 9.56. The molecule has 18 heavy (non-hydrogen) atoms. The van der Waals surface area contributed by atoms with Gasteiger partial charge in [-0.25, -0.2) is 0 Å². The first kappa shape index (κ1) is 15.3. The molecule has 0 amide bonds. The maximum absolute atomic E-state index is 6.23. The van der Waals surface area contributed by atoms with Crippen molar-refractivity contribution in [3.05, 3.63) is 29.8 Å². The molecule has 1 unspecified atom stereocenters. The Labute approximate surface area is 113 Å². The number of rotatable bonds is 4. The van der Waals surface area contributed by atoms with E-state index >= 15 is 0 Å². The van der Waals surface area contributed by atoms with Gasteiger partial charge >= 0.3 is 0 Å². The van der Waals surface area contributed by atoms with E-state index in [1.54, 1.807) is 0 Å². The van der Waals surface area contributed by atoms with Crippen LogP contribution in [0.15, 0.2) is 24.3 Å². The van der Waals surface area contributed by atoms with Gasteiger partial charge in [-0.3, -0.25) is 0 Å². The summed E-state index contributed by atoms with van der Waals surface area (Å²) in [6, 6.07) is 8.57. The third-order valence-corrected chi connectivity index (χ3v) is 8.02. The van der Waals surface area contributed by atoms with Gasteiger partial charge in [0.05, 0.1) is 0 Å². The highest BCUT2D eigenvalue weighted by Crippen LogP contribution is 2.37. The minimum atomic E-state index is -1.72. The molecule has 2 nitrogen and oxygen atoms in total. The average Bonchev–Trinajstić information content (AvgIpc) is 2.18. The molecule has 0 aliphatic heterocycles. The number of hydrogen-bond acceptors (Lipinski definition) is 2. The Balaban J connectivity index is 2.75. The van der Waals surface area contributed by atoms with Gasteiger partial charge in [0.2, 0.25) is 8.32 Å². The van der Waals surface area contributed by atoms with Gasteiger partial charge in [-0.05, 0) is 49.2 Å². The molecule has 3 heteroatoms. The predicted octanol–water partition coefficient (Wildman–Crippen LogP) is 3.96. The first-order valence-electron chi connectivity index (χ1n) is 6.65. The second-order valence-electron chi connectivity index (χ2n) is 6.69. The van der Waals surface area contributed by atoms with Gasteiger partial charge in [-0.2, -0.15) is 0 Å². The summed E-state index contributed by atoms with van der Waals surface area (Å²) in [4.78, 5) is 0. The van der Waals surface area contributed by atoms with E-state index in [1.165, 1.54) is 5.56 Å². The van der Waals surface area contributed by atoms with Crippen molar-refractivity contribution >= 4 is 8.32 Å². The van der Waals surface area contributed by atoms with Crippen LogP contribution in [0.5, 0.6) is 5.75 Å². The quantitative estimate of drug-likeness (QED) is 0.836. The lowest BCUT2D eigenvalue weighted by Gasteiger charge is -2.36. The van der Waals surface area contributed by atoms with Gasteiger partial charge in [0.15, 0.2) is 0 Å². The Morgan fingerprint density at radius 1 is 1.17 bits per heavy atom. The fourth-order valence-corrected chi connectivity index (χ4v) is 2.54. The fourth-order valence-electron chi connectivity index (χ4n) is 1.51. The second kappa shape index (κ2) is 5.45. The van der Waals surface area contributed by atoms with E-state index in [0.29, 0.717) is 0 Å². The molecular weight excluding hydrogens is 238 g/mol. The van der Waals surface area contributed by atoms with Crippen LogP contribution in [0.4, 0.5) is 0 Å². The summed E-state index contributed by atoms with van der Waals surface area (Å²) < 4.78 is 6.23.